The van der Waals surface area contributed by atoms with Gasteiger partial charge in [-0.3, -0.25) is 9.59 Å². The second-order valence-corrected chi connectivity index (χ2v) is 6.66. The van der Waals surface area contributed by atoms with Gasteiger partial charge in [0.2, 0.25) is 0 Å². The van der Waals surface area contributed by atoms with Gasteiger partial charge in [-0.2, -0.15) is 0 Å². The number of halogens is 1. The highest BCUT2D eigenvalue weighted by atomic mass is 79.9. The van der Waals surface area contributed by atoms with Gasteiger partial charge < -0.3 is 15.0 Å². The molecule has 0 aliphatic carbocycles. The van der Waals surface area contributed by atoms with E-state index in [-0.39, 0.29) is 18.4 Å². The summed E-state index contributed by atoms with van der Waals surface area (Å²) < 4.78 is 6.50. The molecule has 0 unspecified atom stereocenters. The normalized spacial score (nSPS) is 10.3. The summed E-state index contributed by atoms with van der Waals surface area (Å²) in [5.41, 5.74) is 2.27. The van der Waals surface area contributed by atoms with Gasteiger partial charge in [-0.05, 0) is 68.8 Å². The zero-order chi connectivity index (χ0) is 19.1. The highest BCUT2D eigenvalue weighted by Crippen LogP contribution is 2.21. The Kier molecular flexibility index (Phi) is 7.21. The molecule has 2 amide bonds. The highest BCUT2D eigenvalue weighted by molar-refractivity contribution is 9.10. The number of hydrogen-bond donors (Lipinski definition) is 1. The van der Waals surface area contributed by atoms with E-state index < -0.39 is 0 Å². The summed E-state index contributed by atoms with van der Waals surface area (Å²) in [4.78, 5) is 26.1. The van der Waals surface area contributed by atoms with Crippen LogP contribution in [0.25, 0.3) is 0 Å². The number of ether oxygens (including phenoxy) is 1. The predicted molar refractivity (Wildman–Crippen MR) is 107 cm³/mol. The van der Waals surface area contributed by atoms with Gasteiger partial charge in [0.15, 0.2) is 6.61 Å². The van der Waals surface area contributed by atoms with Crippen molar-refractivity contribution in [1.82, 2.24) is 4.90 Å². The molecule has 0 aliphatic rings. The van der Waals surface area contributed by atoms with E-state index in [2.05, 4.69) is 21.2 Å². The van der Waals surface area contributed by atoms with Crippen molar-refractivity contribution >= 4 is 33.4 Å². The van der Waals surface area contributed by atoms with Crippen molar-refractivity contribution in [1.29, 1.82) is 0 Å². The van der Waals surface area contributed by atoms with E-state index in [1.54, 1.807) is 35.2 Å². The van der Waals surface area contributed by atoms with Crippen LogP contribution in [0.1, 0.15) is 29.8 Å². The third kappa shape index (κ3) is 5.33. The number of benzene rings is 2. The van der Waals surface area contributed by atoms with Crippen LogP contribution in [-0.2, 0) is 4.79 Å². The first-order valence-corrected chi connectivity index (χ1v) is 9.32. The Labute approximate surface area is 162 Å². The highest BCUT2D eigenvalue weighted by Gasteiger charge is 2.12. The Morgan fingerprint density at radius 1 is 1.08 bits per heavy atom. The van der Waals surface area contributed by atoms with Crippen LogP contribution in [0, 0.1) is 6.92 Å². The maximum Gasteiger partial charge on any atom is 0.262 e. The number of amides is 2. The minimum Gasteiger partial charge on any atom is -0.484 e. The third-order valence-electron chi connectivity index (χ3n) is 3.97. The van der Waals surface area contributed by atoms with Crippen molar-refractivity contribution < 1.29 is 14.3 Å². The van der Waals surface area contributed by atoms with Crippen molar-refractivity contribution in [2.75, 3.05) is 25.0 Å². The van der Waals surface area contributed by atoms with Crippen LogP contribution in [0.15, 0.2) is 46.9 Å². The summed E-state index contributed by atoms with van der Waals surface area (Å²) in [5.74, 6) is 0.372. The zero-order valence-corrected chi connectivity index (χ0v) is 16.8. The van der Waals surface area contributed by atoms with Gasteiger partial charge in [0, 0.05) is 28.8 Å². The van der Waals surface area contributed by atoms with Gasteiger partial charge in [0.05, 0.1) is 0 Å². The van der Waals surface area contributed by atoms with Gasteiger partial charge >= 0.3 is 0 Å². The van der Waals surface area contributed by atoms with Crippen LogP contribution in [-0.4, -0.2) is 36.4 Å². The van der Waals surface area contributed by atoms with Crippen molar-refractivity contribution in [3.63, 3.8) is 0 Å². The minimum atomic E-state index is -0.256. The van der Waals surface area contributed by atoms with Crippen molar-refractivity contribution in [2.45, 2.75) is 20.8 Å². The number of carbonyl (C=O) groups excluding carboxylic acids is 2. The first kappa shape index (κ1) is 20.0. The fraction of sp³-hybridized carbons (Fsp3) is 0.300. The first-order chi connectivity index (χ1) is 12.4. The Balaban J connectivity index is 1.90. The molecule has 0 aromatic heterocycles. The number of rotatable bonds is 7. The second kappa shape index (κ2) is 9.38. The average molecular weight is 419 g/mol. The summed E-state index contributed by atoms with van der Waals surface area (Å²) in [6.07, 6.45) is 0. The summed E-state index contributed by atoms with van der Waals surface area (Å²) in [7, 11) is 0. The lowest BCUT2D eigenvalue weighted by atomic mass is 10.2. The fourth-order valence-electron chi connectivity index (χ4n) is 2.44. The van der Waals surface area contributed by atoms with E-state index in [9.17, 15) is 9.59 Å². The largest absolute Gasteiger partial charge is 0.484 e. The lowest BCUT2D eigenvalue weighted by molar-refractivity contribution is -0.118. The maximum atomic E-state index is 12.3. The number of anilines is 1. The molecule has 0 radical (unpaired) electrons. The van der Waals surface area contributed by atoms with Gasteiger partial charge in [0.25, 0.3) is 11.8 Å². The Bertz CT molecular complexity index is 771. The molecule has 0 fully saturated rings. The zero-order valence-electron chi connectivity index (χ0n) is 15.2. The van der Waals surface area contributed by atoms with Gasteiger partial charge in [-0.1, -0.05) is 15.9 Å². The summed E-state index contributed by atoms with van der Waals surface area (Å²) in [6.45, 7) is 7.10. The predicted octanol–water partition coefficient (Wildman–Crippen LogP) is 4.26. The molecule has 0 bridgehead atoms. The van der Waals surface area contributed by atoms with Crippen LogP contribution in [0.2, 0.25) is 0 Å². The quantitative estimate of drug-likeness (QED) is 0.730. The molecule has 1 N–H and O–H groups in total. The molecular weight excluding hydrogens is 396 g/mol. The molecule has 138 valence electrons. The van der Waals surface area contributed by atoms with E-state index in [0.29, 0.717) is 30.1 Å². The number of carbonyl (C=O) groups is 2. The lowest BCUT2D eigenvalue weighted by Crippen LogP contribution is -2.30. The molecule has 26 heavy (non-hydrogen) atoms. The smallest absolute Gasteiger partial charge is 0.262 e. The van der Waals surface area contributed by atoms with Crippen LogP contribution in [0.5, 0.6) is 5.75 Å². The molecule has 6 heteroatoms. The monoisotopic (exact) mass is 418 g/mol. The summed E-state index contributed by atoms with van der Waals surface area (Å²) >= 11 is 3.43. The van der Waals surface area contributed by atoms with Crippen molar-refractivity contribution in [3.05, 3.63) is 58.1 Å². The van der Waals surface area contributed by atoms with Crippen LogP contribution < -0.4 is 10.1 Å². The molecule has 5 nitrogen and oxygen atoms in total. The Morgan fingerprint density at radius 3 is 2.31 bits per heavy atom. The van der Waals surface area contributed by atoms with Crippen LogP contribution in [0.3, 0.4) is 0 Å². The van der Waals surface area contributed by atoms with Crippen LogP contribution >= 0.6 is 15.9 Å². The molecule has 2 rings (SSSR count). The van der Waals surface area contributed by atoms with Gasteiger partial charge in [-0.15, -0.1) is 0 Å². The molecule has 0 atom stereocenters. The van der Waals surface area contributed by atoms with E-state index >= 15 is 0 Å². The van der Waals surface area contributed by atoms with Crippen LogP contribution in [0.4, 0.5) is 5.69 Å². The molecule has 2 aromatic carbocycles. The Morgan fingerprint density at radius 2 is 1.73 bits per heavy atom. The maximum absolute atomic E-state index is 12.3. The average Bonchev–Trinajstić information content (AvgIpc) is 2.64. The SMILES string of the molecule is CCN(CC)C(=O)c1ccc(NC(=O)COc2ccc(Br)c(C)c2)cc1. The lowest BCUT2D eigenvalue weighted by Gasteiger charge is -2.18. The molecule has 0 saturated carbocycles. The topological polar surface area (TPSA) is 58.6 Å². The second-order valence-electron chi connectivity index (χ2n) is 5.80. The molecule has 0 spiro atoms. The first-order valence-electron chi connectivity index (χ1n) is 8.52. The Hall–Kier alpha value is -2.34. The van der Waals surface area contributed by atoms with Gasteiger partial charge in [-0.25, -0.2) is 0 Å². The van der Waals surface area contributed by atoms with Gasteiger partial charge in [0.1, 0.15) is 5.75 Å². The minimum absolute atomic E-state index is 0.0122. The summed E-state index contributed by atoms with van der Waals surface area (Å²) in [5, 5.41) is 2.76. The third-order valence-corrected chi connectivity index (χ3v) is 4.86. The number of nitrogens with one attached hydrogen (secondary N) is 1. The molecule has 0 saturated heterocycles. The number of nitrogens with zero attached hydrogens (tertiary/aromatic N) is 1. The van der Waals surface area contributed by atoms with E-state index in [1.807, 2.05) is 32.9 Å². The van der Waals surface area contributed by atoms with Crippen molar-refractivity contribution in [3.8, 4) is 5.75 Å². The number of aryl methyl sites for hydroxylation is 1. The summed E-state index contributed by atoms with van der Waals surface area (Å²) in [6, 6.07) is 12.4. The van der Waals surface area contributed by atoms with E-state index in [1.165, 1.54) is 0 Å². The molecule has 0 heterocycles. The standard InChI is InChI=1S/C20H23BrN2O3/c1-4-23(5-2)20(25)15-6-8-16(9-7-15)22-19(24)13-26-17-10-11-18(21)14(3)12-17/h6-12H,4-5,13H2,1-3H3,(H,22,24). The molecule has 2 aromatic rings. The molecular formula is C20H23BrN2O3. The molecule has 0 aliphatic heterocycles. The number of hydrogen-bond acceptors (Lipinski definition) is 3. The van der Waals surface area contributed by atoms with Crippen molar-refractivity contribution in [2.24, 2.45) is 0 Å². The fourth-order valence-corrected chi connectivity index (χ4v) is 2.69. The van der Waals surface area contributed by atoms with E-state index in [4.69, 9.17) is 4.74 Å². The van der Waals surface area contributed by atoms with E-state index in [0.717, 1.165) is 10.0 Å².